The number of ether oxygens (including phenoxy) is 1. The van der Waals surface area contributed by atoms with Gasteiger partial charge in [0.25, 0.3) is 0 Å². The summed E-state index contributed by atoms with van der Waals surface area (Å²) in [6.45, 7) is 13.1. The van der Waals surface area contributed by atoms with Gasteiger partial charge in [-0.05, 0) is 12.5 Å². The van der Waals surface area contributed by atoms with Crippen LogP contribution in [0.3, 0.4) is 0 Å². The molecule has 0 atom stereocenters. The number of benzene rings is 1. The minimum Gasteiger partial charge on any atom is -0.379 e. The van der Waals surface area contributed by atoms with Gasteiger partial charge in [-0.2, -0.15) is 0 Å². The molecule has 2 N–H and O–H groups in total. The van der Waals surface area contributed by atoms with Gasteiger partial charge in [-0.3, -0.25) is 9.89 Å². The average Bonchev–Trinajstić information content (AvgIpc) is 2.59. The van der Waals surface area contributed by atoms with Gasteiger partial charge in [0.05, 0.1) is 13.2 Å². The maximum absolute atomic E-state index is 5.38. The van der Waals surface area contributed by atoms with Crippen molar-refractivity contribution in [2.24, 2.45) is 4.99 Å². The molecule has 1 aliphatic heterocycles. The van der Waals surface area contributed by atoms with E-state index < -0.39 is 0 Å². The van der Waals surface area contributed by atoms with E-state index in [9.17, 15) is 0 Å². The zero-order valence-corrected chi connectivity index (χ0v) is 18.3. The predicted octanol–water partition coefficient (Wildman–Crippen LogP) is 2.39. The van der Waals surface area contributed by atoms with Crippen LogP contribution in [0.4, 0.5) is 0 Å². The van der Waals surface area contributed by atoms with E-state index >= 15 is 0 Å². The number of guanidine groups is 1. The van der Waals surface area contributed by atoms with Crippen molar-refractivity contribution in [3.8, 4) is 0 Å². The molecule has 1 aromatic carbocycles. The van der Waals surface area contributed by atoms with Gasteiger partial charge in [0.1, 0.15) is 0 Å². The molecule has 1 heterocycles. The quantitative estimate of drug-likeness (QED) is 0.389. The number of nitrogens with zero attached hydrogens (tertiary/aromatic N) is 2. The lowest BCUT2D eigenvalue weighted by Gasteiger charge is -2.28. The standard InChI is InChI=1S/C19H32N4O.HI/c1-16-6-5-7-17(14-16)19(2,3)15-22-18(20-4)21-8-9-23-10-12-24-13-11-23;/h5-7,14H,8-13,15H2,1-4H3,(H2,20,21,22);1H. The molecule has 1 fully saturated rings. The first-order valence-corrected chi connectivity index (χ1v) is 8.83. The van der Waals surface area contributed by atoms with Crippen molar-refractivity contribution in [1.29, 1.82) is 0 Å². The molecule has 0 aliphatic carbocycles. The van der Waals surface area contributed by atoms with Crippen LogP contribution >= 0.6 is 24.0 Å². The second-order valence-corrected chi connectivity index (χ2v) is 7.06. The van der Waals surface area contributed by atoms with Crippen molar-refractivity contribution in [2.45, 2.75) is 26.2 Å². The molecule has 1 aliphatic rings. The molecule has 0 saturated carbocycles. The van der Waals surface area contributed by atoms with Crippen LogP contribution in [0.5, 0.6) is 0 Å². The summed E-state index contributed by atoms with van der Waals surface area (Å²) in [4.78, 5) is 6.75. The predicted molar refractivity (Wildman–Crippen MR) is 116 cm³/mol. The van der Waals surface area contributed by atoms with Gasteiger partial charge < -0.3 is 15.4 Å². The molecule has 0 unspecified atom stereocenters. The monoisotopic (exact) mass is 460 g/mol. The van der Waals surface area contributed by atoms with Gasteiger partial charge >= 0.3 is 0 Å². The molecular formula is C19H33IN4O. The van der Waals surface area contributed by atoms with E-state index in [0.29, 0.717) is 0 Å². The number of hydrogen-bond donors (Lipinski definition) is 2. The van der Waals surface area contributed by atoms with Crippen molar-refractivity contribution in [2.75, 3.05) is 53.0 Å². The number of morpholine rings is 1. The van der Waals surface area contributed by atoms with Crippen LogP contribution in [-0.2, 0) is 10.2 Å². The molecule has 2 rings (SSSR count). The van der Waals surface area contributed by atoms with Crippen LogP contribution in [-0.4, -0.2) is 63.8 Å². The first-order valence-electron chi connectivity index (χ1n) is 8.83. The van der Waals surface area contributed by atoms with Crippen LogP contribution in [0.25, 0.3) is 0 Å². The maximum atomic E-state index is 5.38. The molecule has 142 valence electrons. The van der Waals surface area contributed by atoms with Crippen LogP contribution < -0.4 is 10.6 Å². The van der Waals surface area contributed by atoms with E-state index in [-0.39, 0.29) is 29.4 Å². The number of aliphatic imine (C=N–C) groups is 1. The summed E-state index contributed by atoms with van der Waals surface area (Å²) in [5, 5.41) is 6.87. The first-order chi connectivity index (χ1) is 11.5. The van der Waals surface area contributed by atoms with Gasteiger partial charge in [0, 0.05) is 45.2 Å². The Balaban J connectivity index is 0.00000312. The number of halogens is 1. The molecule has 1 aromatic rings. The highest BCUT2D eigenvalue weighted by Crippen LogP contribution is 2.22. The summed E-state index contributed by atoms with van der Waals surface area (Å²) in [6.07, 6.45) is 0. The lowest BCUT2D eigenvalue weighted by Crippen LogP contribution is -2.46. The molecule has 6 heteroatoms. The maximum Gasteiger partial charge on any atom is 0.191 e. The Morgan fingerprint density at radius 2 is 1.96 bits per heavy atom. The van der Waals surface area contributed by atoms with Crippen LogP contribution in [0, 0.1) is 6.92 Å². The molecule has 0 radical (unpaired) electrons. The molecule has 0 aromatic heterocycles. The van der Waals surface area contributed by atoms with E-state index in [1.807, 2.05) is 7.05 Å². The number of aryl methyl sites for hydroxylation is 1. The molecular weight excluding hydrogens is 427 g/mol. The Morgan fingerprint density at radius 1 is 1.24 bits per heavy atom. The summed E-state index contributed by atoms with van der Waals surface area (Å²) in [7, 11) is 1.82. The van der Waals surface area contributed by atoms with Gasteiger partial charge in [0.2, 0.25) is 0 Å². The van der Waals surface area contributed by atoms with E-state index in [4.69, 9.17) is 4.74 Å². The molecule has 0 spiro atoms. The Hall–Kier alpha value is -0.860. The fourth-order valence-corrected chi connectivity index (χ4v) is 2.85. The minimum absolute atomic E-state index is 0. The fourth-order valence-electron chi connectivity index (χ4n) is 2.85. The zero-order chi connectivity index (χ0) is 17.4. The normalized spacial score (nSPS) is 16.2. The van der Waals surface area contributed by atoms with Crippen molar-refractivity contribution in [1.82, 2.24) is 15.5 Å². The van der Waals surface area contributed by atoms with Crippen molar-refractivity contribution in [3.05, 3.63) is 35.4 Å². The Kier molecular flexibility index (Phi) is 9.74. The Morgan fingerprint density at radius 3 is 2.60 bits per heavy atom. The number of rotatable bonds is 6. The average molecular weight is 460 g/mol. The summed E-state index contributed by atoms with van der Waals surface area (Å²) >= 11 is 0. The number of hydrogen-bond acceptors (Lipinski definition) is 3. The first kappa shape index (κ1) is 22.2. The van der Waals surface area contributed by atoms with Crippen molar-refractivity contribution in [3.63, 3.8) is 0 Å². The summed E-state index contributed by atoms with van der Waals surface area (Å²) in [5.41, 5.74) is 2.70. The summed E-state index contributed by atoms with van der Waals surface area (Å²) < 4.78 is 5.38. The third-order valence-corrected chi connectivity index (χ3v) is 4.55. The minimum atomic E-state index is 0. The van der Waals surface area contributed by atoms with E-state index in [2.05, 4.69) is 65.6 Å². The lowest BCUT2D eigenvalue weighted by molar-refractivity contribution is 0.0389. The highest BCUT2D eigenvalue weighted by atomic mass is 127. The number of nitrogens with one attached hydrogen (secondary N) is 2. The Labute approximate surface area is 169 Å². The third-order valence-electron chi connectivity index (χ3n) is 4.55. The highest BCUT2D eigenvalue weighted by Gasteiger charge is 2.21. The van der Waals surface area contributed by atoms with Crippen LogP contribution in [0.15, 0.2) is 29.3 Å². The highest BCUT2D eigenvalue weighted by molar-refractivity contribution is 14.0. The third kappa shape index (κ3) is 7.50. The molecule has 0 bridgehead atoms. The molecule has 5 nitrogen and oxygen atoms in total. The summed E-state index contributed by atoms with van der Waals surface area (Å²) in [6, 6.07) is 8.72. The van der Waals surface area contributed by atoms with Crippen LogP contribution in [0.1, 0.15) is 25.0 Å². The lowest BCUT2D eigenvalue weighted by atomic mass is 9.84. The van der Waals surface area contributed by atoms with E-state index in [1.54, 1.807) is 0 Å². The van der Waals surface area contributed by atoms with E-state index in [0.717, 1.165) is 51.9 Å². The largest absolute Gasteiger partial charge is 0.379 e. The molecule has 0 amide bonds. The smallest absolute Gasteiger partial charge is 0.191 e. The Bertz CT molecular complexity index is 542. The fraction of sp³-hybridized carbons (Fsp3) is 0.632. The van der Waals surface area contributed by atoms with Crippen molar-refractivity contribution < 1.29 is 4.74 Å². The van der Waals surface area contributed by atoms with Gasteiger partial charge in [-0.1, -0.05) is 43.7 Å². The van der Waals surface area contributed by atoms with Gasteiger partial charge in [-0.25, -0.2) is 0 Å². The molecule has 1 saturated heterocycles. The van der Waals surface area contributed by atoms with Crippen LogP contribution in [0.2, 0.25) is 0 Å². The second-order valence-electron chi connectivity index (χ2n) is 7.06. The zero-order valence-electron chi connectivity index (χ0n) is 16.0. The topological polar surface area (TPSA) is 48.9 Å². The van der Waals surface area contributed by atoms with Gasteiger partial charge in [-0.15, -0.1) is 24.0 Å². The second kappa shape index (κ2) is 11.0. The van der Waals surface area contributed by atoms with Gasteiger partial charge in [0.15, 0.2) is 5.96 Å². The van der Waals surface area contributed by atoms with Crippen molar-refractivity contribution >= 4 is 29.9 Å². The van der Waals surface area contributed by atoms with E-state index in [1.165, 1.54) is 11.1 Å². The molecule has 25 heavy (non-hydrogen) atoms. The summed E-state index contributed by atoms with van der Waals surface area (Å²) in [5.74, 6) is 0.865. The SMILES string of the molecule is CN=C(NCCN1CCOCC1)NCC(C)(C)c1cccc(C)c1.I.